The van der Waals surface area contributed by atoms with Gasteiger partial charge in [0.1, 0.15) is 11.3 Å². The highest BCUT2D eigenvalue weighted by Gasteiger charge is 2.25. The van der Waals surface area contributed by atoms with E-state index in [1.54, 1.807) is 0 Å². The summed E-state index contributed by atoms with van der Waals surface area (Å²) in [6, 6.07) is 2.53. The van der Waals surface area contributed by atoms with Crippen LogP contribution in [0.15, 0.2) is 12.3 Å². The Kier molecular flexibility index (Phi) is 3.48. The summed E-state index contributed by atoms with van der Waals surface area (Å²) in [4.78, 5) is 9.25. The molecule has 1 saturated carbocycles. The third-order valence-electron chi connectivity index (χ3n) is 4.25. The van der Waals surface area contributed by atoms with Crippen LogP contribution in [0.5, 0.6) is 0 Å². The number of hydrogen-bond acceptors (Lipinski definition) is 2. The topological polar surface area (TPSA) is 30.7 Å². The van der Waals surface area contributed by atoms with Crippen LogP contribution in [0, 0.1) is 12.8 Å². The zero-order chi connectivity index (χ0) is 13.4. The summed E-state index contributed by atoms with van der Waals surface area (Å²) in [6.07, 6.45) is 6.94. The Balaban J connectivity index is 2.13. The third-order valence-corrected chi connectivity index (χ3v) is 4.49. The summed E-state index contributed by atoms with van der Waals surface area (Å²) >= 11 is 6.10. The molecule has 2 heterocycles. The number of pyridine rings is 1. The van der Waals surface area contributed by atoms with Crippen molar-refractivity contribution in [3.8, 4) is 0 Å². The lowest BCUT2D eigenvalue weighted by Gasteiger charge is -2.29. The molecule has 0 aliphatic heterocycles. The van der Waals surface area contributed by atoms with E-state index < -0.39 is 0 Å². The highest BCUT2D eigenvalue weighted by molar-refractivity contribution is 6.16. The minimum atomic E-state index is 0.459. The number of imidazole rings is 1. The van der Waals surface area contributed by atoms with E-state index in [0.717, 1.165) is 22.9 Å². The quantitative estimate of drug-likeness (QED) is 0.769. The first-order valence-corrected chi connectivity index (χ1v) is 7.62. The maximum Gasteiger partial charge on any atom is 0.160 e. The van der Waals surface area contributed by atoms with Gasteiger partial charge in [-0.3, -0.25) is 0 Å². The lowest BCUT2D eigenvalue weighted by atomic mass is 9.87. The number of aromatic nitrogens is 3. The fourth-order valence-corrected chi connectivity index (χ4v) is 3.46. The molecule has 2 unspecified atom stereocenters. The van der Waals surface area contributed by atoms with E-state index in [9.17, 15) is 0 Å². The Labute approximate surface area is 119 Å². The Morgan fingerprint density at radius 3 is 3.00 bits per heavy atom. The number of aryl methyl sites for hydroxylation is 1. The normalized spacial score (nSPS) is 23.9. The van der Waals surface area contributed by atoms with Crippen molar-refractivity contribution >= 4 is 22.8 Å². The first kappa shape index (κ1) is 12.9. The largest absolute Gasteiger partial charge is 0.309 e. The molecule has 19 heavy (non-hydrogen) atoms. The molecule has 0 bridgehead atoms. The van der Waals surface area contributed by atoms with E-state index in [4.69, 9.17) is 16.6 Å². The smallest absolute Gasteiger partial charge is 0.160 e. The number of hydrogen-bond donors (Lipinski definition) is 0. The Morgan fingerprint density at radius 1 is 1.42 bits per heavy atom. The van der Waals surface area contributed by atoms with Gasteiger partial charge in [-0.05, 0) is 37.3 Å². The fraction of sp³-hybridized carbons (Fsp3) is 0.600. The fourth-order valence-electron chi connectivity index (χ4n) is 3.27. The minimum absolute atomic E-state index is 0.459. The van der Waals surface area contributed by atoms with E-state index in [2.05, 4.69) is 23.4 Å². The van der Waals surface area contributed by atoms with E-state index in [0.29, 0.717) is 11.9 Å². The molecule has 0 aromatic carbocycles. The summed E-state index contributed by atoms with van der Waals surface area (Å²) < 4.78 is 2.30. The summed E-state index contributed by atoms with van der Waals surface area (Å²) in [6.45, 7) is 4.42. The maximum absolute atomic E-state index is 6.10. The van der Waals surface area contributed by atoms with E-state index >= 15 is 0 Å². The van der Waals surface area contributed by atoms with Gasteiger partial charge in [-0.15, -0.1) is 11.6 Å². The van der Waals surface area contributed by atoms with Gasteiger partial charge in [0.05, 0.1) is 5.88 Å². The predicted molar refractivity (Wildman–Crippen MR) is 78.5 cm³/mol. The van der Waals surface area contributed by atoms with Gasteiger partial charge < -0.3 is 4.57 Å². The molecule has 3 nitrogen and oxygen atoms in total. The monoisotopic (exact) mass is 277 g/mol. The second-order valence-electron chi connectivity index (χ2n) is 5.76. The van der Waals surface area contributed by atoms with Gasteiger partial charge in [0.15, 0.2) is 5.65 Å². The van der Waals surface area contributed by atoms with Crippen LogP contribution in [0.1, 0.15) is 50.0 Å². The van der Waals surface area contributed by atoms with Crippen molar-refractivity contribution in [1.82, 2.24) is 14.5 Å². The van der Waals surface area contributed by atoms with Gasteiger partial charge >= 0.3 is 0 Å². The lowest BCUT2D eigenvalue weighted by molar-refractivity contribution is 0.283. The van der Waals surface area contributed by atoms with Crippen LogP contribution in [0.4, 0.5) is 0 Å². The molecule has 2 aromatic heterocycles. The highest BCUT2D eigenvalue weighted by atomic mass is 35.5. The van der Waals surface area contributed by atoms with Crippen molar-refractivity contribution in [3.63, 3.8) is 0 Å². The maximum atomic E-state index is 6.10. The van der Waals surface area contributed by atoms with Gasteiger partial charge in [0.25, 0.3) is 0 Å². The predicted octanol–water partition coefficient (Wildman–Crippen LogP) is 4.23. The van der Waals surface area contributed by atoms with Crippen LogP contribution in [0.2, 0.25) is 0 Å². The highest BCUT2D eigenvalue weighted by Crippen LogP contribution is 2.35. The molecule has 0 N–H and O–H groups in total. The van der Waals surface area contributed by atoms with Crippen LogP contribution >= 0.6 is 11.6 Å². The SMILES string of the molecule is Cc1ccnc2c1nc(CCl)n2C1CCCC(C)C1. The molecule has 0 radical (unpaired) electrons. The molecular formula is C15H20ClN3. The molecule has 2 aromatic rings. The van der Waals surface area contributed by atoms with Crippen molar-refractivity contribution in [3.05, 3.63) is 23.7 Å². The first-order valence-electron chi connectivity index (χ1n) is 7.09. The van der Waals surface area contributed by atoms with E-state index in [1.165, 1.54) is 31.2 Å². The zero-order valence-corrected chi connectivity index (χ0v) is 12.3. The molecule has 1 aliphatic carbocycles. The standard InChI is InChI=1S/C15H20ClN3/c1-10-4-3-5-12(8-10)19-13(9-16)18-14-11(2)6-7-17-15(14)19/h6-7,10,12H,3-5,8-9H2,1-2H3. The van der Waals surface area contributed by atoms with Crippen molar-refractivity contribution in [2.45, 2.75) is 51.5 Å². The number of alkyl halides is 1. The van der Waals surface area contributed by atoms with Crippen LogP contribution in [-0.2, 0) is 5.88 Å². The van der Waals surface area contributed by atoms with Crippen LogP contribution in [0.25, 0.3) is 11.2 Å². The third kappa shape index (κ3) is 2.25. The molecule has 0 saturated heterocycles. The average molecular weight is 278 g/mol. The number of rotatable bonds is 2. The van der Waals surface area contributed by atoms with Crippen LogP contribution in [0.3, 0.4) is 0 Å². The van der Waals surface area contributed by atoms with Crippen LogP contribution < -0.4 is 0 Å². The average Bonchev–Trinajstić information content (AvgIpc) is 2.78. The molecule has 3 rings (SSSR count). The molecule has 102 valence electrons. The summed E-state index contributed by atoms with van der Waals surface area (Å²) in [5.41, 5.74) is 3.20. The molecule has 1 aliphatic rings. The van der Waals surface area contributed by atoms with E-state index in [1.807, 2.05) is 12.3 Å². The second kappa shape index (κ2) is 5.12. The van der Waals surface area contributed by atoms with Crippen molar-refractivity contribution in [1.29, 1.82) is 0 Å². The zero-order valence-electron chi connectivity index (χ0n) is 11.6. The minimum Gasteiger partial charge on any atom is -0.309 e. The van der Waals surface area contributed by atoms with Crippen molar-refractivity contribution in [2.24, 2.45) is 5.92 Å². The van der Waals surface area contributed by atoms with Gasteiger partial charge in [0.2, 0.25) is 0 Å². The Hall–Kier alpha value is -1.09. The molecule has 4 heteroatoms. The molecular weight excluding hydrogens is 258 g/mol. The molecule has 1 fully saturated rings. The van der Waals surface area contributed by atoms with Gasteiger partial charge in [-0.2, -0.15) is 0 Å². The van der Waals surface area contributed by atoms with Gasteiger partial charge in [-0.25, -0.2) is 9.97 Å². The Morgan fingerprint density at radius 2 is 2.26 bits per heavy atom. The van der Waals surface area contributed by atoms with Crippen molar-refractivity contribution < 1.29 is 0 Å². The second-order valence-corrected chi connectivity index (χ2v) is 6.02. The molecule has 0 amide bonds. The van der Waals surface area contributed by atoms with Crippen LogP contribution in [-0.4, -0.2) is 14.5 Å². The van der Waals surface area contributed by atoms with Gasteiger partial charge in [-0.1, -0.05) is 19.8 Å². The molecule has 0 spiro atoms. The summed E-state index contributed by atoms with van der Waals surface area (Å²) in [7, 11) is 0. The van der Waals surface area contributed by atoms with Crippen molar-refractivity contribution in [2.75, 3.05) is 0 Å². The number of fused-ring (bicyclic) bond motifs is 1. The Bertz CT molecular complexity index is 590. The molecule has 2 atom stereocenters. The van der Waals surface area contributed by atoms with E-state index in [-0.39, 0.29) is 0 Å². The number of nitrogens with zero attached hydrogens (tertiary/aromatic N) is 3. The van der Waals surface area contributed by atoms with Gasteiger partial charge in [0, 0.05) is 12.2 Å². The number of halogens is 1. The first-order chi connectivity index (χ1) is 9.20. The summed E-state index contributed by atoms with van der Waals surface area (Å²) in [5.74, 6) is 2.21. The lowest BCUT2D eigenvalue weighted by Crippen LogP contribution is -2.19. The summed E-state index contributed by atoms with van der Waals surface area (Å²) in [5, 5.41) is 0.